The number of unbranched alkanes of at least 4 members (excludes halogenated alkanes) is 1. The van der Waals surface area contributed by atoms with Gasteiger partial charge in [0.05, 0.1) is 0 Å². The first-order chi connectivity index (χ1) is 7.68. The molecule has 1 heterocycles. The van der Waals surface area contributed by atoms with Crippen LogP contribution in [0.5, 0.6) is 0 Å². The second kappa shape index (κ2) is 7.66. The van der Waals surface area contributed by atoms with Crippen LogP contribution in [0.2, 0.25) is 0 Å². The van der Waals surface area contributed by atoms with Crippen molar-refractivity contribution in [2.75, 3.05) is 19.6 Å². The van der Waals surface area contributed by atoms with Crippen molar-refractivity contribution in [1.82, 2.24) is 10.6 Å². The lowest BCUT2D eigenvalue weighted by atomic mass is 10.1. The molecule has 0 aliphatic carbocycles. The zero-order chi connectivity index (χ0) is 11.8. The van der Waals surface area contributed by atoms with Crippen LogP contribution in [0.4, 0.5) is 0 Å². The van der Waals surface area contributed by atoms with E-state index in [-0.39, 0.29) is 5.91 Å². The normalized spacial score (nSPS) is 20.3. The highest BCUT2D eigenvalue weighted by Crippen LogP contribution is 2.08. The second-order valence-electron chi connectivity index (χ2n) is 5.30. The van der Waals surface area contributed by atoms with Crippen LogP contribution in [0, 0.1) is 11.8 Å². The molecule has 1 atom stereocenters. The summed E-state index contributed by atoms with van der Waals surface area (Å²) in [5.41, 5.74) is 0. The van der Waals surface area contributed by atoms with Gasteiger partial charge in [-0.1, -0.05) is 26.7 Å². The SMILES string of the molecule is CC(C)CCCCC(=O)NCC1CCNC1. The van der Waals surface area contributed by atoms with E-state index in [1.807, 2.05) is 0 Å². The molecule has 1 fully saturated rings. The minimum absolute atomic E-state index is 0.232. The van der Waals surface area contributed by atoms with Gasteiger partial charge in [0.1, 0.15) is 0 Å². The van der Waals surface area contributed by atoms with Gasteiger partial charge in [0.15, 0.2) is 0 Å². The van der Waals surface area contributed by atoms with Gasteiger partial charge in [-0.3, -0.25) is 4.79 Å². The first-order valence-electron chi connectivity index (χ1n) is 6.66. The Labute approximate surface area is 99.4 Å². The number of carbonyl (C=O) groups is 1. The third-order valence-electron chi connectivity index (χ3n) is 3.19. The number of carbonyl (C=O) groups excluding carboxylic acids is 1. The fourth-order valence-corrected chi connectivity index (χ4v) is 2.07. The number of nitrogens with one attached hydrogen (secondary N) is 2. The van der Waals surface area contributed by atoms with Crippen molar-refractivity contribution in [1.29, 1.82) is 0 Å². The van der Waals surface area contributed by atoms with Gasteiger partial charge in [0, 0.05) is 13.0 Å². The summed E-state index contributed by atoms with van der Waals surface area (Å²) >= 11 is 0. The third-order valence-corrected chi connectivity index (χ3v) is 3.19. The van der Waals surface area contributed by atoms with Crippen LogP contribution in [-0.4, -0.2) is 25.5 Å². The van der Waals surface area contributed by atoms with Crippen molar-refractivity contribution < 1.29 is 4.79 Å². The summed E-state index contributed by atoms with van der Waals surface area (Å²) < 4.78 is 0. The summed E-state index contributed by atoms with van der Waals surface area (Å²) in [6.45, 7) is 7.49. The van der Waals surface area contributed by atoms with Crippen molar-refractivity contribution in [2.45, 2.75) is 46.0 Å². The predicted molar refractivity (Wildman–Crippen MR) is 67.3 cm³/mol. The monoisotopic (exact) mass is 226 g/mol. The summed E-state index contributed by atoms with van der Waals surface area (Å²) in [6, 6.07) is 0. The molecule has 3 nitrogen and oxygen atoms in total. The molecule has 3 heteroatoms. The molecule has 2 N–H and O–H groups in total. The summed E-state index contributed by atoms with van der Waals surface area (Å²) in [5.74, 6) is 1.64. The zero-order valence-electron chi connectivity index (χ0n) is 10.7. The lowest BCUT2D eigenvalue weighted by molar-refractivity contribution is -0.121. The standard InChI is InChI=1S/C13H26N2O/c1-11(2)5-3-4-6-13(16)15-10-12-7-8-14-9-12/h11-12,14H,3-10H2,1-2H3,(H,15,16). The van der Waals surface area contributed by atoms with Gasteiger partial charge >= 0.3 is 0 Å². The summed E-state index contributed by atoms with van der Waals surface area (Å²) in [6.07, 6.45) is 5.35. The van der Waals surface area contributed by atoms with E-state index >= 15 is 0 Å². The Balaban J connectivity index is 1.94. The van der Waals surface area contributed by atoms with Crippen LogP contribution in [0.3, 0.4) is 0 Å². The lowest BCUT2D eigenvalue weighted by Gasteiger charge is -2.10. The molecule has 0 saturated carbocycles. The average molecular weight is 226 g/mol. The Bertz CT molecular complexity index is 198. The molecular formula is C13H26N2O. The topological polar surface area (TPSA) is 41.1 Å². The van der Waals surface area contributed by atoms with Gasteiger partial charge in [0.2, 0.25) is 5.91 Å². The maximum absolute atomic E-state index is 11.5. The van der Waals surface area contributed by atoms with Crippen LogP contribution >= 0.6 is 0 Å². The van der Waals surface area contributed by atoms with Crippen LogP contribution in [0.1, 0.15) is 46.0 Å². The van der Waals surface area contributed by atoms with E-state index in [2.05, 4.69) is 24.5 Å². The Morgan fingerprint density at radius 3 is 2.88 bits per heavy atom. The Kier molecular flexibility index (Phi) is 6.46. The van der Waals surface area contributed by atoms with Gasteiger partial charge < -0.3 is 10.6 Å². The molecule has 16 heavy (non-hydrogen) atoms. The molecule has 0 radical (unpaired) electrons. The van der Waals surface area contributed by atoms with Crippen molar-refractivity contribution in [3.05, 3.63) is 0 Å². The molecule has 1 unspecified atom stereocenters. The third kappa shape index (κ3) is 6.11. The molecule has 1 aliphatic heterocycles. The summed E-state index contributed by atoms with van der Waals surface area (Å²) in [5, 5.41) is 6.34. The maximum atomic E-state index is 11.5. The van der Waals surface area contributed by atoms with Crippen LogP contribution < -0.4 is 10.6 Å². The van der Waals surface area contributed by atoms with E-state index in [0.29, 0.717) is 12.3 Å². The highest BCUT2D eigenvalue weighted by Gasteiger charge is 2.14. The van der Waals surface area contributed by atoms with Crippen molar-refractivity contribution >= 4 is 5.91 Å². The number of rotatable bonds is 7. The van der Waals surface area contributed by atoms with E-state index < -0.39 is 0 Å². The van der Waals surface area contributed by atoms with Crippen LogP contribution in [0.25, 0.3) is 0 Å². The van der Waals surface area contributed by atoms with Gasteiger partial charge in [0.25, 0.3) is 0 Å². The number of hydrogen-bond donors (Lipinski definition) is 2. The minimum Gasteiger partial charge on any atom is -0.356 e. The fourth-order valence-electron chi connectivity index (χ4n) is 2.07. The Morgan fingerprint density at radius 1 is 1.44 bits per heavy atom. The number of amides is 1. The minimum atomic E-state index is 0.232. The summed E-state index contributed by atoms with van der Waals surface area (Å²) in [7, 11) is 0. The molecule has 1 amide bonds. The van der Waals surface area contributed by atoms with Crippen LogP contribution in [-0.2, 0) is 4.79 Å². The second-order valence-corrected chi connectivity index (χ2v) is 5.30. The molecule has 0 bridgehead atoms. The van der Waals surface area contributed by atoms with E-state index in [4.69, 9.17) is 0 Å². The summed E-state index contributed by atoms with van der Waals surface area (Å²) in [4.78, 5) is 11.5. The molecular weight excluding hydrogens is 200 g/mol. The van der Waals surface area contributed by atoms with Gasteiger partial charge in [-0.15, -0.1) is 0 Å². The molecule has 1 saturated heterocycles. The quantitative estimate of drug-likeness (QED) is 0.651. The average Bonchev–Trinajstić information content (AvgIpc) is 2.74. The van der Waals surface area contributed by atoms with E-state index in [9.17, 15) is 4.79 Å². The largest absolute Gasteiger partial charge is 0.356 e. The molecule has 0 aromatic rings. The molecule has 1 rings (SSSR count). The van der Waals surface area contributed by atoms with Gasteiger partial charge in [-0.05, 0) is 37.8 Å². The Morgan fingerprint density at radius 2 is 2.25 bits per heavy atom. The molecule has 0 spiro atoms. The predicted octanol–water partition coefficient (Wildman–Crippen LogP) is 1.93. The van der Waals surface area contributed by atoms with Gasteiger partial charge in [-0.2, -0.15) is 0 Å². The van der Waals surface area contributed by atoms with Crippen molar-refractivity contribution in [2.24, 2.45) is 11.8 Å². The maximum Gasteiger partial charge on any atom is 0.220 e. The smallest absolute Gasteiger partial charge is 0.220 e. The first-order valence-corrected chi connectivity index (χ1v) is 6.66. The van der Waals surface area contributed by atoms with Crippen molar-refractivity contribution in [3.63, 3.8) is 0 Å². The zero-order valence-corrected chi connectivity index (χ0v) is 10.7. The van der Waals surface area contributed by atoms with E-state index in [1.165, 1.54) is 19.3 Å². The molecule has 0 aromatic heterocycles. The van der Waals surface area contributed by atoms with Gasteiger partial charge in [-0.25, -0.2) is 0 Å². The fraction of sp³-hybridized carbons (Fsp3) is 0.923. The lowest BCUT2D eigenvalue weighted by Crippen LogP contribution is -2.29. The van der Waals surface area contributed by atoms with Crippen LogP contribution in [0.15, 0.2) is 0 Å². The highest BCUT2D eigenvalue weighted by atomic mass is 16.1. The first kappa shape index (κ1) is 13.5. The highest BCUT2D eigenvalue weighted by molar-refractivity contribution is 5.75. The number of hydrogen-bond acceptors (Lipinski definition) is 2. The van der Waals surface area contributed by atoms with Crippen molar-refractivity contribution in [3.8, 4) is 0 Å². The Hall–Kier alpha value is -0.570. The van der Waals surface area contributed by atoms with E-state index in [0.717, 1.165) is 32.0 Å². The molecule has 1 aliphatic rings. The molecule has 0 aromatic carbocycles. The molecule has 94 valence electrons. The van der Waals surface area contributed by atoms with E-state index in [1.54, 1.807) is 0 Å².